The summed E-state index contributed by atoms with van der Waals surface area (Å²) in [6, 6.07) is -0.926. The summed E-state index contributed by atoms with van der Waals surface area (Å²) in [6.07, 6.45) is 4.09. The number of carboxylic acid groups (broad SMARTS) is 1. The van der Waals surface area contributed by atoms with Crippen LogP contribution in [0, 0.1) is 5.92 Å². The summed E-state index contributed by atoms with van der Waals surface area (Å²) in [5, 5.41) is 12.4. The number of urea groups is 1. The molecule has 5 heteroatoms. The Morgan fingerprint density at radius 2 is 1.90 bits per heavy atom. The van der Waals surface area contributed by atoms with E-state index in [1.165, 1.54) is 4.90 Å². The molecule has 20 heavy (non-hydrogen) atoms. The molecule has 0 aromatic carbocycles. The van der Waals surface area contributed by atoms with Crippen LogP contribution in [0.1, 0.15) is 59.8 Å². The van der Waals surface area contributed by atoms with Crippen molar-refractivity contribution in [2.24, 2.45) is 5.92 Å². The van der Waals surface area contributed by atoms with Gasteiger partial charge in [-0.05, 0) is 38.5 Å². The number of piperidine rings is 1. The molecular weight excluding hydrogens is 256 g/mol. The third-order valence-electron chi connectivity index (χ3n) is 4.80. The molecule has 2 unspecified atom stereocenters. The summed E-state index contributed by atoms with van der Waals surface area (Å²) >= 11 is 0. The number of amides is 2. The predicted octanol–water partition coefficient (Wildman–Crippen LogP) is 2.85. The maximum Gasteiger partial charge on any atom is 0.326 e. The van der Waals surface area contributed by atoms with Crippen molar-refractivity contribution in [1.82, 2.24) is 10.2 Å². The minimum Gasteiger partial charge on any atom is -0.480 e. The Hall–Kier alpha value is -1.26. The van der Waals surface area contributed by atoms with E-state index in [0.29, 0.717) is 18.9 Å². The van der Waals surface area contributed by atoms with Gasteiger partial charge in [0.25, 0.3) is 0 Å². The Morgan fingerprint density at radius 1 is 1.30 bits per heavy atom. The molecule has 0 radical (unpaired) electrons. The Kier molecular flexibility index (Phi) is 5.84. The molecule has 1 saturated heterocycles. The number of likely N-dealkylation sites (tertiary alicyclic amines) is 1. The van der Waals surface area contributed by atoms with Gasteiger partial charge in [-0.2, -0.15) is 0 Å². The van der Waals surface area contributed by atoms with Crippen LogP contribution in [0.3, 0.4) is 0 Å². The van der Waals surface area contributed by atoms with Gasteiger partial charge in [-0.1, -0.05) is 27.2 Å². The Balaban J connectivity index is 2.77. The highest BCUT2D eigenvalue weighted by molar-refractivity contribution is 5.83. The third-order valence-corrected chi connectivity index (χ3v) is 4.80. The van der Waals surface area contributed by atoms with Crippen LogP contribution in [0.5, 0.6) is 0 Å². The molecule has 2 N–H and O–H groups in total. The van der Waals surface area contributed by atoms with E-state index in [1.807, 2.05) is 20.8 Å². The number of nitrogens with one attached hydrogen (secondary N) is 1. The van der Waals surface area contributed by atoms with E-state index in [0.717, 1.165) is 25.7 Å². The van der Waals surface area contributed by atoms with Crippen LogP contribution in [-0.2, 0) is 4.79 Å². The van der Waals surface area contributed by atoms with E-state index in [2.05, 4.69) is 12.2 Å². The summed E-state index contributed by atoms with van der Waals surface area (Å²) in [6.45, 7) is 8.67. The van der Waals surface area contributed by atoms with Crippen molar-refractivity contribution in [3.63, 3.8) is 0 Å². The summed E-state index contributed by atoms with van der Waals surface area (Å²) in [4.78, 5) is 25.3. The van der Waals surface area contributed by atoms with Gasteiger partial charge in [0, 0.05) is 12.1 Å². The molecule has 0 aliphatic carbocycles. The minimum atomic E-state index is -0.895. The second-order valence-electron chi connectivity index (χ2n) is 6.04. The van der Waals surface area contributed by atoms with E-state index < -0.39 is 12.0 Å². The molecule has 1 fully saturated rings. The van der Waals surface area contributed by atoms with Gasteiger partial charge in [0.2, 0.25) is 0 Å². The van der Waals surface area contributed by atoms with E-state index in [9.17, 15) is 14.7 Å². The van der Waals surface area contributed by atoms with Crippen molar-refractivity contribution in [2.75, 3.05) is 6.54 Å². The molecule has 0 bridgehead atoms. The number of carboxylic acids is 1. The normalized spacial score (nSPS) is 23.5. The van der Waals surface area contributed by atoms with Gasteiger partial charge in [-0.25, -0.2) is 9.59 Å². The molecule has 0 aromatic rings. The Morgan fingerprint density at radius 3 is 2.35 bits per heavy atom. The standard InChI is InChI=1S/C15H28N2O3/c1-5-11-8-9-17(12(10-11)13(18)19)14(20)16-15(4,6-2)7-3/h11-12H,5-10H2,1-4H3,(H,16,20)(H,18,19). The van der Waals surface area contributed by atoms with Crippen molar-refractivity contribution in [3.8, 4) is 0 Å². The lowest BCUT2D eigenvalue weighted by atomic mass is 9.89. The fraction of sp³-hybridized carbons (Fsp3) is 0.867. The zero-order valence-corrected chi connectivity index (χ0v) is 13.1. The first-order valence-electron chi connectivity index (χ1n) is 7.68. The lowest BCUT2D eigenvalue weighted by molar-refractivity contribution is -0.144. The summed E-state index contributed by atoms with van der Waals surface area (Å²) in [7, 11) is 0. The zero-order valence-electron chi connectivity index (χ0n) is 13.1. The topological polar surface area (TPSA) is 69.6 Å². The lowest BCUT2D eigenvalue weighted by Gasteiger charge is -2.39. The number of hydrogen-bond donors (Lipinski definition) is 2. The number of carbonyl (C=O) groups excluding carboxylic acids is 1. The molecule has 116 valence electrons. The monoisotopic (exact) mass is 284 g/mol. The van der Waals surface area contributed by atoms with Gasteiger partial charge in [0.1, 0.15) is 6.04 Å². The molecule has 1 rings (SSSR count). The maximum atomic E-state index is 12.4. The van der Waals surface area contributed by atoms with Crippen LogP contribution >= 0.6 is 0 Å². The van der Waals surface area contributed by atoms with Crippen molar-refractivity contribution >= 4 is 12.0 Å². The predicted molar refractivity (Wildman–Crippen MR) is 78.7 cm³/mol. The van der Waals surface area contributed by atoms with Crippen LogP contribution in [0.25, 0.3) is 0 Å². The quantitative estimate of drug-likeness (QED) is 0.815. The van der Waals surface area contributed by atoms with Crippen LogP contribution in [-0.4, -0.2) is 40.1 Å². The summed E-state index contributed by atoms with van der Waals surface area (Å²) in [5.41, 5.74) is -0.262. The summed E-state index contributed by atoms with van der Waals surface area (Å²) < 4.78 is 0. The van der Waals surface area contributed by atoms with Crippen molar-refractivity contribution in [1.29, 1.82) is 0 Å². The second-order valence-corrected chi connectivity index (χ2v) is 6.04. The molecule has 0 aromatic heterocycles. The molecule has 1 aliphatic heterocycles. The molecule has 1 aliphatic rings. The average Bonchev–Trinajstić information content (AvgIpc) is 2.46. The molecule has 1 heterocycles. The maximum absolute atomic E-state index is 12.4. The smallest absolute Gasteiger partial charge is 0.326 e. The largest absolute Gasteiger partial charge is 0.480 e. The van der Waals surface area contributed by atoms with Crippen molar-refractivity contribution in [3.05, 3.63) is 0 Å². The first-order valence-corrected chi connectivity index (χ1v) is 7.68. The molecule has 2 amide bonds. The second kappa shape index (κ2) is 6.95. The first-order chi connectivity index (χ1) is 9.36. The molecule has 0 spiro atoms. The van der Waals surface area contributed by atoms with Gasteiger partial charge in [-0.3, -0.25) is 0 Å². The van der Waals surface area contributed by atoms with Gasteiger partial charge in [0.05, 0.1) is 0 Å². The van der Waals surface area contributed by atoms with Gasteiger partial charge >= 0.3 is 12.0 Å². The van der Waals surface area contributed by atoms with Crippen molar-refractivity contribution in [2.45, 2.75) is 71.4 Å². The van der Waals surface area contributed by atoms with Crippen LogP contribution in [0.4, 0.5) is 4.79 Å². The van der Waals surface area contributed by atoms with E-state index in [4.69, 9.17) is 0 Å². The lowest BCUT2D eigenvalue weighted by Crippen LogP contribution is -2.57. The van der Waals surface area contributed by atoms with Crippen LogP contribution < -0.4 is 5.32 Å². The highest BCUT2D eigenvalue weighted by atomic mass is 16.4. The average molecular weight is 284 g/mol. The third kappa shape index (κ3) is 3.87. The molecule has 2 atom stereocenters. The fourth-order valence-corrected chi connectivity index (χ4v) is 2.64. The molecule has 5 nitrogen and oxygen atoms in total. The van der Waals surface area contributed by atoms with E-state index in [1.54, 1.807) is 0 Å². The Bertz CT molecular complexity index is 353. The van der Waals surface area contributed by atoms with Gasteiger partial charge in [0.15, 0.2) is 0 Å². The first kappa shape index (κ1) is 16.8. The van der Waals surface area contributed by atoms with Gasteiger partial charge in [-0.15, -0.1) is 0 Å². The highest BCUT2D eigenvalue weighted by Gasteiger charge is 2.37. The number of carbonyl (C=O) groups is 2. The van der Waals surface area contributed by atoms with E-state index >= 15 is 0 Å². The minimum absolute atomic E-state index is 0.238. The number of hydrogen-bond acceptors (Lipinski definition) is 2. The van der Waals surface area contributed by atoms with E-state index in [-0.39, 0.29) is 11.6 Å². The van der Waals surface area contributed by atoms with Crippen molar-refractivity contribution < 1.29 is 14.7 Å². The molecular formula is C15H28N2O3. The van der Waals surface area contributed by atoms with Gasteiger partial charge < -0.3 is 15.3 Å². The zero-order chi connectivity index (χ0) is 15.3. The van der Waals surface area contributed by atoms with Crippen LogP contribution in [0.15, 0.2) is 0 Å². The SMILES string of the molecule is CCC1CCN(C(=O)NC(C)(CC)CC)C(C(=O)O)C1. The summed E-state index contributed by atoms with van der Waals surface area (Å²) in [5.74, 6) is -0.489. The Labute approximate surface area is 121 Å². The number of aliphatic carboxylic acids is 1. The number of rotatable bonds is 5. The fourth-order valence-electron chi connectivity index (χ4n) is 2.64. The number of nitrogens with zero attached hydrogens (tertiary/aromatic N) is 1. The molecule has 0 saturated carbocycles. The van der Waals surface area contributed by atoms with Crippen LogP contribution in [0.2, 0.25) is 0 Å². The highest BCUT2D eigenvalue weighted by Crippen LogP contribution is 2.26.